The summed E-state index contributed by atoms with van der Waals surface area (Å²) in [5.41, 5.74) is 1.69. The Kier molecular flexibility index (Phi) is 6.44. The van der Waals surface area contributed by atoms with Crippen LogP contribution in [0, 0.1) is 5.82 Å². The smallest absolute Gasteiger partial charge is 0.255 e. The maximum absolute atomic E-state index is 14.1. The Bertz CT molecular complexity index is 813. The zero-order chi connectivity index (χ0) is 18.4. The minimum Gasteiger partial charge on any atom is -0.342 e. The molecule has 2 aromatic heterocycles. The van der Waals surface area contributed by atoms with E-state index in [1.54, 1.807) is 7.05 Å². The number of hydrogen-bond donors (Lipinski definition) is 0. The Morgan fingerprint density at radius 3 is 2.80 bits per heavy atom. The van der Waals surface area contributed by atoms with Crippen LogP contribution in [-0.2, 0) is 7.05 Å². The lowest BCUT2D eigenvalue weighted by Crippen LogP contribution is -2.33. The molecule has 0 N–H and O–H groups in total. The van der Waals surface area contributed by atoms with E-state index in [0.29, 0.717) is 11.6 Å². The van der Waals surface area contributed by atoms with E-state index in [0.717, 1.165) is 32.1 Å². The average molecular weight is 344 g/mol. The third kappa shape index (κ3) is 4.53. The zero-order valence-corrected chi connectivity index (χ0v) is 15.3. The van der Waals surface area contributed by atoms with E-state index in [4.69, 9.17) is 0 Å². The number of nitrogens with zero attached hydrogens (tertiary/aromatic N) is 4. The van der Waals surface area contributed by atoms with Gasteiger partial charge in [-0.3, -0.25) is 14.3 Å². The molecule has 5 nitrogen and oxygen atoms in total. The number of allylic oxidation sites excluding steroid dienone is 1. The maximum atomic E-state index is 14.1. The first kappa shape index (κ1) is 18.8. The fourth-order valence-electron chi connectivity index (χ4n) is 2.57. The van der Waals surface area contributed by atoms with Crippen molar-refractivity contribution < 1.29 is 4.39 Å². The fraction of sp³-hybridized carbons (Fsp3) is 0.421. The lowest BCUT2D eigenvalue weighted by molar-refractivity contribution is 0.623. The van der Waals surface area contributed by atoms with Gasteiger partial charge >= 0.3 is 0 Å². The highest BCUT2D eigenvalue weighted by molar-refractivity contribution is 5.60. The molecular weight excluding hydrogens is 319 g/mol. The second-order valence-corrected chi connectivity index (χ2v) is 6.07. The molecule has 0 radical (unpaired) electrons. The highest BCUT2D eigenvalue weighted by atomic mass is 19.1. The Morgan fingerprint density at radius 1 is 1.40 bits per heavy atom. The Balaban J connectivity index is 2.47. The second-order valence-electron chi connectivity index (χ2n) is 6.07. The number of anilines is 1. The van der Waals surface area contributed by atoms with Crippen molar-refractivity contribution in [2.75, 3.05) is 18.0 Å². The molecule has 2 aromatic rings. The van der Waals surface area contributed by atoms with E-state index in [1.807, 2.05) is 6.92 Å². The van der Waals surface area contributed by atoms with Crippen LogP contribution in [0.15, 0.2) is 41.0 Å². The monoisotopic (exact) mass is 344 g/mol. The summed E-state index contributed by atoms with van der Waals surface area (Å²) in [6.45, 7) is 7.71. The Labute approximate surface area is 147 Å². The molecule has 2 rings (SSSR count). The first-order valence-corrected chi connectivity index (χ1v) is 8.52. The Morgan fingerprint density at radius 2 is 2.16 bits per heavy atom. The summed E-state index contributed by atoms with van der Waals surface area (Å²) < 4.78 is 15.6. The largest absolute Gasteiger partial charge is 0.342 e. The predicted octanol–water partition coefficient (Wildman–Crippen LogP) is 3.55. The number of halogens is 1. The molecule has 0 atom stereocenters. The van der Waals surface area contributed by atoms with Gasteiger partial charge in [0.2, 0.25) is 5.95 Å². The minimum absolute atomic E-state index is 0.208. The van der Waals surface area contributed by atoms with Crippen LogP contribution in [0.25, 0.3) is 11.3 Å². The molecular formula is C19H25FN4O. The molecule has 0 bridgehead atoms. The minimum atomic E-state index is -0.485. The van der Waals surface area contributed by atoms with Gasteiger partial charge in [0.25, 0.3) is 5.56 Å². The number of aromatic nitrogens is 3. The van der Waals surface area contributed by atoms with Crippen LogP contribution in [0.4, 0.5) is 10.3 Å². The number of pyridine rings is 1. The van der Waals surface area contributed by atoms with Gasteiger partial charge in [0.15, 0.2) is 5.82 Å². The van der Waals surface area contributed by atoms with Crippen LogP contribution < -0.4 is 10.5 Å². The van der Waals surface area contributed by atoms with Gasteiger partial charge in [-0.15, -0.1) is 0 Å². The molecule has 0 aliphatic carbocycles. The highest BCUT2D eigenvalue weighted by Gasteiger charge is 2.16. The predicted molar refractivity (Wildman–Crippen MR) is 99.2 cm³/mol. The zero-order valence-electron chi connectivity index (χ0n) is 15.3. The van der Waals surface area contributed by atoms with Crippen molar-refractivity contribution in [2.45, 2.75) is 33.6 Å². The topological polar surface area (TPSA) is 51.0 Å². The normalized spacial score (nSPS) is 11.6. The molecule has 134 valence electrons. The van der Waals surface area contributed by atoms with Gasteiger partial charge in [-0.05, 0) is 32.8 Å². The van der Waals surface area contributed by atoms with Crippen LogP contribution in [0.3, 0.4) is 0 Å². The summed E-state index contributed by atoms with van der Waals surface area (Å²) in [6.07, 6.45) is 6.53. The van der Waals surface area contributed by atoms with Crippen molar-refractivity contribution in [3.63, 3.8) is 0 Å². The van der Waals surface area contributed by atoms with Gasteiger partial charge in [-0.1, -0.05) is 18.6 Å². The van der Waals surface area contributed by atoms with E-state index >= 15 is 0 Å². The van der Waals surface area contributed by atoms with Gasteiger partial charge in [0, 0.05) is 38.0 Å². The van der Waals surface area contributed by atoms with E-state index in [-0.39, 0.29) is 11.1 Å². The van der Waals surface area contributed by atoms with Crippen LogP contribution in [0.5, 0.6) is 0 Å². The van der Waals surface area contributed by atoms with Crippen molar-refractivity contribution in [3.8, 4) is 11.3 Å². The quantitative estimate of drug-likeness (QED) is 0.721. The molecule has 6 heteroatoms. The number of rotatable bonds is 7. The lowest BCUT2D eigenvalue weighted by Gasteiger charge is -2.25. The van der Waals surface area contributed by atoms with Crippen molar-refractivity contribution in [1.82, 2.24) is 14.5 Å². The summed E-state index contributed by atoms with van der Waals surface area (Å²) in [5.74, 6) is 0.0745. The molecule has 0 aliphatic rings. The molecule has 0 aliphatic heterocycles. The second kappa shape index (κ2) is 8.55. The van der Waals surface area contributed by atoms with Gasteiger partial charge in [-0.2, -0.15) is 0 Å². The summed E-state index contributed by atoms with van der Waals surface area (Å²) in [6, 6.07) is 2.90. The number of hydrogen-bond acceptors (Lipinski definition) is 4. The SMILES string of the molecule is C/C=C(\C)CCN(CCC)c1nc(-c2ccncc2F)cc(=O)n1C. The summed E-state index contributed by atoms with van der Waals surface area (Å²) >= 11 is 0. The first-order chi connectivity index (χ1) is 12.0. The van der Waals surface area contributed by atoms with Crippen molar-refractivity contribution in [1.29, 1.82) is 0 Å². The molecule has 0 fully saturated rings. The van der Waals surface area contributed by atoms with Crippen molar-refractivity contribution >= 4 is 5.95 Å². The summed E-state index contributed by atoms with van der Waals surface area (Å²) in [5, 5.41) is 0. The van der Waals surface area contributed by atoms with Crippen molar-refractivity contribution in [2.24, 2.45) is 7.05 Å². The third-order valence-corrected chi connectivity index (χ3v) is 4.20. The van der Waals surface area contributed by atoms with Crippen molar-refractivity contribution in [3.05, 3.63) is 52.3 Å². The van der Waals surface area contributed by atoms with Crippen LogP contribution in [-0.4, -0.2) is 27.6 Å². The van der Waals surface area contributed by atoms with Gasteiger partial charge < -0.3 is 4.90 Å². The molecule has 0 amide bonds. The van der Waals surface area contributed by atoms with Gasteiger partial charge in [0.1, 0.15) is 0 Å². The molecule has 0 spiro atoms. The average Bonchev–Trinajstić information content (AvgIpc) is 2.61. The molecule has 0 saturated carbocycles. The van der Waals surface area contributed by atoms with E-state index in [9.17, 15) is 9.18 Å². The van der Waals surface area contributed by atoms with Crippen LogP contribution >= 0.6 is 0 Å². The fourth-order valence-corrected chi connectivity index (χ4v) is 2.57. The first-order valence-electron chi connectivity index (χ1n) is 8.52. The van der Waals surface area contributed by atoms with E-state index in [1.165, 1.54) is 28.5 Å². The standard InChI is InChI=1S/C19H25FN4O/c1-5-10-24(11-8-14(3)6-2)19-22-17(12-18(25)23(19)4)15-7-9-21-13-16(15)20/h6-7,9,12-13H,5,8,10-11H2,1-4H3/b14-6+. The summed E-state index contributed by atoms with van der Waals surface area (Å²) in [4.78, 5) is 22.8. The van der Waals surface area contributed by atoms with E-state index < -0.39 is 5.82 Å². The van der Waals surface area contributed by atoms with E-state index in [2.05, 4.69) is 34.8 Å². The van der Waals surface area contributed by atoms with Gasteiger partial charge in [0.05, 0.1) is 11.9 Å². The van der Waals surface area contributed by atoms with Gasteiger partial charge in [-0.25, -0.2) is 9.37 Å². The molecule has 25 heavy (non-hydrogen) atoms. The van der Waals surface area contributed by atoms with Crippen LogP contribution in [0.1, 0.15) is 33.6 Å². The third-order valence-electron chi connectivity index (χ3n) is 4.20. The molecule has 0 unspecified atom stereocenters. The summed E-state index contributed by atoms with van der Waals surface area (Å²) in [7, 11) is 1.70. The Hall–Kier alpha value is -2.50. The molecule has 0 saturated heterocycles. The maximum Gasteiger partial charge on any atom is 0.255 e. The lowest BCUT2D eigenvalue weighted by atomic mass is 10.2. The molecule has 2 heterocycles. The van der Waals surface area contributed by atoms with Crippen LogP contribution in [0.2, 0.25) is 0 Å². The highest BCUT2D eigenvalue weighted by Crippen LogP contribution is 2.21. The molecule has 0 aromatic carbocycles.